The topological polar surface area (TPSA) is 61.6 Å². The van der Waals surface area contributed by atoms with Crippen LogP contribution in [0.1, 0.15) is 24.8 Å². The second kappa shape index (κ2) is 6.87. The van der Waals surface area contributed by atoms with Crippen LogP contribution < -0.4 is 11.1 Å². The van der Waals surface area contributed by atoms with Crippen LogP contribution in [0.15, 0.2) is 17.5 Å². The van der Waals surface area contributed by atoms with Crippen molar-refractivity contribution in [1.82, 2.24) is 15.1 Å². The molecule has 1 aliphatic heterocycles. The van der Waals surface area contributed by atoms with E-state index in [1.165, 1.54) is 11.3 Å². The van der Waals surface area contributed by atoms with Gasteiger partial charge < -0.3 is 16.0 Å². The van der Waals surface area contributed by atoms with Gasteiger partial charge in [-0.1, -0.05) is 6.07 Å². The van der Waals surface area contributed by atoms with Crippen LogP contribution in [0.4, 0.5) is 0 Å². The highest BCUT2D eigenvalue weighted by molar-refractivity contribution is 7.10. The van der Waals surface area contributed by atoms with E-state index in [2.05, 4.69) is 36.0 Å². The van der Waals surface area contributed by atoms with Crippen molar-refractivity contribution in [1.29, 1.82) is 0 Å². The minimum atomic E-state index is -0.562. The number of carbonyl (C=O) groups is 1. The Hall–Kier alpha value is -0.950. The van der Waals surface area contributed by atoms with E-state index in [4.69, 9.17) is 5.73 Å². The SMILES string of the molecule is CN1CCN(C(C)(C)CNC(=O)C(N)c2cccs2)CC1. The number of nitrogens with two attached hydrogens (primary N) is 1. The summed E-state index contributed by atoms with van der Waals surface area (Å²) < 4.78 is 0. The Bertz CT molecular complexity index is 452. The van der Waals surface area contributed by atoms with Crippen LogP contribution in [0.2, 0.25) is 0 Å². The Morgan fingerprint density at radius 3 is 2.67 bits per heavy atom. The molecule has 1 aliphatic rings. The number of amides is 1. The molecule has 1 atom stereocenters. The maximum Gasteiger partial charge on any atom is 0.242 e. The van der Waals surface area contributed by atoms with Crippen molar-refractivity contribution in [2.45, 2.75) is 25.4 Å². The van der Waals surface area contributed by atoms with Crippen LogP contribution in [-0.4, -0.2) is 61.0 Å². The minimum Gasteiger partial charge on any atom is -0.353 e. The van der Waals surface area contributed by atoms with E-state index in [0.717, 1.165) is 31.1 Å². The molecule has 1 aromatic rings. The van der Waals surface area contributed by atoms with E-state index in [-0.39, 0.29) is 11.4 Å². The van der Waals surface area contributed by atoms with E-state index in [0.29, 0.717) is 6.54 Å². The highest BCUT2D eigenvalue weighted by atomic mass is 32.1. The van der Waals surface area contributed by atoms with E-state index < -0.39 is 6.04 Å². The minimum absolute atomic E-state index is 0.0495. The number of hydrogen-bond acceptors (Lipinski definition) is 5. The molecular weight excluding hydrogens is 284 g/mol. The number of nitrogens with one attached hydrogen (secondary N) is 1. The Balaban J connectivity index is 1.85. The van der Waals surface area contributed by atoms with Crippen molar-refractivity contribution in [3.05, 3.63) is 22.4 Å². The van der Waals surface area contributed by atoms with Crippen molar-refractivity contribution < 1.29 is 4.79 Å². The molecule has 21 heavy (non-hydrogen) atoms. The zero-order chi connectivity index (χ0) is 15.5. The second-order valence-electron chi connectivity index (χ2n) is 6.31. The average Bonchev–Trinajstić information content (AvgIpc) is 2.98. The fourth-order valence-corrected chi connectivity index (χ4v) is 3.26. The highest BCUT2D eigenvalue weighted by Crippen LogP contribution is 2.18. The van der Waals surface area contributed by atoms with Gasteiger partial charge in [-0.25, -0.2) is 0 Å². The fourth-order valence-electron chi connectivity index (χ4n) is 2.53. The number of likely N-dealkylation sites (N-methyl/N-ethyl adjacent to an activating group) is 1. The van der Waals surface area contributed by atoms with Gasteiger partial charge in [0, 0.05) is 43.1 Å². The Labute approximate surface area is 131 Å². The first-order valence-electron chi connectivity index (χ1n) is 7.40. The number of rotatable bonds is 5. The average molecular weight is 310 g/mol. The third-order valence-electron chi connectivity index (χ3n) is 4.19. The Morgan fingerprint density at radius 2 is 2.10 bits per heavy atom. The summed E-state index contributed by atoms with van der Waals surface area (Å²) in [5.74, 6) is -0.0975. The molecule has 118 valence electrons. The number of carbonyl (C=O) groups excluding carboxylic acids is 1. The quantitative estimate of drug-likeness (QED) is 0.848. The standard InChI is InChI=1S/C15H26N4OS/c1-15(2,19-8-6-18(3)7-9-19)11-17-14(20)13(16)12-5-4-10-21-12/h4-5,10,13H,6-9,11,16H2,1-3H3,(H,17,20). The molecule has 2 rings (SSSR count). The molecule has 2 heterocycles. The van der Waals surface area contributed by atoms with Gasteiger partial charge in [-0.05, 0) is 32.3 Å². The van der Waals surface area contributed by atoms with Gasteiger partial charge in [-0.15, -0.1) is 11.3 Å². The number of piperazine rings is 1. The molecule has 5 nitrogen and oxygen atoms in total. The van der Waals surface area contributed by atoms with Gasteiger partial charge in [0.1, 0.15) is 6.04 Å². The number of nitrogens with zero attached hydrogens (tertiary/aromatic N) is 2. The normalized spacial score (nSPS) is 19.4. The molecule has 6 heteroatoms. The lowest BCUT2D eigenvalue weighted by atomic mass is 10.0. The maximum absolute atomic E-state index is 12.2. The van der Waals surface area contributed by atoms with E-state index in [1.807, 2.05) is 17.5 Å². The summed E-state index contributed by atoms with van der Waals surface area (Å²) in [6.07, 6.45) is 0. The second-order valence-corrected chi connectivity index (χ2v) is 7.29. The van der Waals surface area contributed by atoms with Gasteiger partial charge in [0.25, 0.3) is 0 Å². The lowest BCUT2D eigenvalue weighted by Crippen LogP contribution is -2.58. The third-order valence-corrected chi connectivity index (χ3v) is 5.14. The molecule has 0 aromatic carbocycles. The summed E-state index contributed by atoms with van der Waals surface area (Å²) in [5, 5.41) is 4.95. The van der Waals surface area contributed by atoms with Crippen molar-refractivity contribution in [3.8, 4) is 0 Å². The predicted molar refractivity (Wildman–Crippen MR) is 87.4 cm³/mol. The Kier molecular flexibility index (Phi) is 5.37. The van der Waals surface area contributed by atoms with E-state index >= 15 is 0 Å². The summed E-state index contributed by atoms with van der Waals surface area (Å²) in [6.45, 7) is 9.20. The van der Waals surface area contributed by atoms with Crippen LogP contribution >= 0.6 is 11.3 Å². The van der Waals surface area contributed by atoms with Crippen molar-refractivity contribution >= 4 is 17.2 Å². The summed E-state index contributed by atoms with van der Waals surface area (Å²) >= 11 is 1.52. The molecular formula is C15H26N4OS. The highest BCUT2D eigenvalue weighted by Gasteiger charge is 2.30. The number of thiophene rings is 1. The molecule has 1 fully saturated rings. The fraction of sp³-hybridized carbons (Fsp3) is 0.667. The van der Waals surface area contributed by atoms with Crippen molar-refractivity contribution in [2.24, 2.45) is 5.73 Å². The van der Waals surface area contributed by atoms with Crippen LogP contribution in [0, 0.1) is 0 Å². The summed E-state index contributed by atoms with van der Waals surface area (Å²) in [7, 11) is 2.15. The van der Waals surface area contributed by atoms with Gasteiger partial charge in [-0.2, -0.15) is 0 Å². The summed E-state index contributed by atoms with van der Waals surface area (Å²) in [4.78, 5) is 17.8. The largest absolute Gasteiger partial charge is 0.353 e. The molecule has 1 aromatic heterocycles. The van der Waals surface area contributed by atoms with Crippen LogP contribution in [-0.2, 0) is 4.79 Å². The molecule has 1 unspecified atom stereocenters. The molecule has 0 radical (unpaired) electrons. The molecule has 0 aliphatic carbocycles. The molecule has 1 saturated heterocycles. The third kappa shape index (κ3) is 4.26. The molecule has 0 saturated carbocycles. The van der Waals surface area contributed by atoms with Crippen LogP contribution in [0.25, 0.3) is 0 Å². The smallest absolute Gasteiger partial charge is 0.242 e. The maximum atomic E-state index is 12.2. The first-order chi connectivity index (χ1) is 9.90. The monoisotopic (exact) mass is 310 g/mol. The zero-order valence-electron chi connectivity index (χ0n) is 13.1. The lowest BCUT2D eigenvalue weighted by Gasteiger charge is -2.43. The summed E-state index contributed by atoms with van der Waals surface area (Å²) in [6, 6.07) is 3.26. The van der Waals surface area contributed by atoms with Gasteiger partial charge >= 0.3 is 0 Å². The van der Waals surface area contributed by atoms with Gasteiger partial charge in [0.2, 0.25) is 5.91 Å². The zero-order valence-corrected chi connectivity index (χ0v) is 13.9. The van der Waals surface area contributed by atoms with Crippen molar-refractivity contribution in [2.75, 3.05) is 39.8 Å². The van der Waals surface area contributed by atoms with E-state index in [9.17, 15) is 4.79 Å². The van der Waals surface area contributed by atoms with Crippen molar-refractivity contribution in [3.63, 3.8) is 0 Å². The van der Waals surface area contributed by atoms with Gasteiger partial charge in [0.15, 0.2) is 0 Å². The Morgan fingerprint density at radius 1 is 1.43 bits per heavy atom. The van der Waals surface area contributed by atoms with Gasteiger partial charge in [-0.3, -0.25) is 9.69 Å². The lowest BCUT2D eigenvalue weighted by molar-refractivity contribution is -0.123. The predicted octanol–water partition coefficient (Wildman–Crippen LogP) is 0.890. The van der Waals surface area contributed by atoms with Gasteiger partial charge in [0.05, 0.1) is 0 Å². The first kappa shape index (κ1) is 16.4. The summed E-state index contributed by atoms with van der Waals surface area (Å²) in [5.41, 5.74) is 5.94. The molecule has 0 spiro atoms. The molecule has 3 N–H and O–H groups in total. The first-order valence-corrected chi connectivity index (χ1v) is 8.28. The molecule has 0 bridgehead atoms. The van der Waals surface area contributed by atoms with Crippen LogP contribution in [0.3, 0.4) is 0 Å². The number of hydrogen-bond donors (Lipinski definition) is 2. The van der Waals surface area contributed by atoms with E-state index in [1.54, 1.807) is 0 Å². The molecule has 1 amide bonds. The van der Waals surface area contributed by atoms with Crippen LogP contribution in [0.5, 0.6) is 0 Å².